The number of hydrogen-bond donors (Lipinski definition) is 0. The van der Waals surface area contributed by atoms with E-state index in [0.29, 0.717) is 0 Å². The van der Waals surface area contributed by atoms with Crippen molar-refractivity contribution in [3.8, 4) is 0 Å². The van der Waals surface area contributed by atoms with Crippen LogP contribution in [0.3, 0.4) is 0 Å². The molecule has 0 heterocycles. The van der Waals surface area contributed by atoms with Crippen LogP contribution in [0.15, 0.2) is 42.5 Å². The van der Waals surface area contributed by atoms with Crippen molar-refractivity contribution in [2.45, 2.75) is 0 Å². The monoisotopic (exact) mass is 442 g/mol. The molecule has 0 aliphatic carbocycles. The summed E-state index contributed by atoms with van der Waals surface area (Å²) in [4.78, 5) is 0. The Balaban J connectivity index is 0.000000184. The van der Waals surface area contributed by atoms with Crippen LogP contribution in [0.2, 0.25) is 0 Å². The predicted octanol–water partition coefficient (Wildman–Crippen LogP) is 5.09. The van der Waals surface area contributed by atoms with Crippen LogP contribution in [-0.2, 0) is 14.7 Å². The molecule has 2 aromatic carbocycles. The van der Waals surface area contributed by atoms with Crippen molar-refractivity contribution < 1.29 is 14.7 Å². The van der Waals surface area contributed by atoms with E-state index < -0.39 is 14.7 Å². The van der Waals surface area contributed by atoms with Crippen molar-refractivity contribution >= 4 is 47.4 Å². The maximum absolute atomic E-state index is 3.30. The molecule has 0 N–H and O–H groups in total. The first kappa shape index (κ1) is 12.2. The number of benzene rings is 1. The van der Waals surface area contributed by atoms with Gasteiger partial charge in [-0.15, -0.1) is 29.7 Å². The summed E-state index contributed by atoms with van der Waals surface area (Å²) in [5.41, 5.74) is 0. The standard InChI is InChI=1S/C9H7.3BrH.Zr/c1-2-5-9-7-3-6-8(9)4-1;;;;/h1-7H;3*1H;/q-1;;;;+3/p-3. The first-order valence-corrected chi connectivity index (χ1v) is 20.5. The molecule has 69 valence electrons. The van der Waals surface area contributed by atoms with Crippen molar-refractivity contribution in [1.29, 1.82) is 0 Å². The second-order valence-corrected chi connectivity index (χ2v) is 36.4. The topological polar surface area (TPSA) is 0 Å². The van der Waals surface area contributed by atoms with Crippen LogP contribution in [0.25, 0.3) is 10.8 Å². The molecule has 0 saturated heterocycles. The second kappa shape index (κ2) is 6.60. The van der Waals surface area contributed by atoms with E-state index in [-0.39, 0.29) is 0 Å². The van der Waals surface area contributed by atoms with Gasteiger partial charge in [0.25, 0.3) is 0 Å². The van der Waals surface area contributed by atoms with Gasteiger partial charge in [-0.05, 0) is 0 Å². The molecule has 13 heavy (non-hydrogen) atoms. The van der Waals surface area contributed by atoms with E-state index >= 15 is 0 Å². The zero-order valence-corrected chi connectivity index (χ0v) is 13.9. The Hall–Kier alpha value is 1.15. The van der Waals surface area contributed by atoms with Gasteiger partial charge < -0.3 is 0 Å². The second-order valence-electron chi connectivity index (χ2n) is 2.37. The van der Waals surface area contributed by atoms with Crippen molar-refractivity contribution in [2.75, 3.05) is 0 Å². The first-order valence-electron chi connectivity index (χ1n) is 3.64. The van der Waals surface area contributed by atoms with Gasteiger partial charge >= 0.3 is 51.4 Å². The summed E-state index contributed by atoms with van der Waals surface area (Å²) in [5.74, 6) is 0. The molecule has 0 spiro atoms. The van der Waals surface area contributed by atoms with Gasteiger partial charge in [-0.2, -0.15) is 17.5 Å². The van der Waals surface area contributed by atoms with Gasteiger partial charge in [0, 0.05) is 0 Å². The normalized spacial score (nSPS) is 9.15. The third kappa shape index (κ3) is 4.96. The van der Waals surface area contributed by atoms with Gasteiger partial charge in [0.15, 0.2) is 0 Å². The van der Waals surface area contributed by atoms with Crippen LogP contribution in [-0.4, -0.2) is 0 Å². The molecule has 0 nitrogen and oxygen atoms in total. The molecule has 0 aliphatic heterocycles. The largest absolute Gasteiger partial charge is 0.168 e. The van der Waals surface area contributed by atoms with E-state index in [1.54, 1.807) is 0 Å². The Kier molecular flexibility index (Phi) is 6.21. The van der Waals surface area contributed by atoms with Crippen LogP contribution in [0.4, 0.5) is 0 Å². The number of hydrogen-bond acceptors (Lipinski definition) is 0. The molecule has 0 saturated carbocycles. The molecule has 0 bridgehead atoms. The zero-order chi connectivity index (χ0) is 9.68. The average Bonchev–Trinajstić information content (AvgIpc) is 2.49. The van der Waals surface area contributed by atoms with E-state index in [1.165, 1.54) is 10.8 Å². The fraction of sp³-hybridized carbons (Fsp3) is 0. The summed E-state index contributed by atoms with van der Waals surface area (Å²) >= 11 is 8.80. The molecule has 0 fully saturated rings. The molecule has 2 aromatic rings. The van der Waals surface area contributed by atoms with Gasteiger partial charge in [-0.25, -0.2) is 0 Å². The van der Waals surface area contributed by atoms with Crippen molar-refractivity contribution in [3.63, 3.8) is 0 Å². The Morgan fingerprint density at radius 2 is 1.62 bits per heavy atom. The maximum Gasteiger partial charge on any atom is -0.0809 e. The van der Waals surface area contributed by atoms with Gasteiger partial charge in [0.1, 0.15) is 0 Å². The Morgan fingerprint density at radius 1 is 1.00 bits per heavy atom. The average molecular weight is 446 g/mol. The van der Waals surface area contributed by atoms with E-state index in [4.69, 9.17) is 0 Å². The van der Waals surface area contributed by atoms with Crippen molar-refractivity contribution in [1.82, 2.24) is 0 Å². The summed E-state index contributed by atoms with van der Waals surface area (Å²) < 4.78 is 0. The maximum atomic E-state index is 3.30. The number of halogens is 3. The summed E-state index contributed by atoms with van der Waals surface area (Å²) in [6, 6.07) is 14.7. The minimum absolute atomic E-state index is 1.11. The van der Waals surface area contributed by atoms with E-state index in [2.05, 4.69) is 79.1 Å². The van der Waals surface area contributed by atoms with Crippen LogP contribution in [0, 0.1) is 0 Å². The Morgan fingerprint density at radius 3 is 2.23 bits per heavy atom. The van der Waals surface area contributed by atoms with Crippen LogP contribution < -0.4 is 0 Å². The van der Waals surface area contributed by atoms with Gasteiger partial charge in [0.2, 0.25) is 0 Å². The summed E-state index contributed by atoms with van der Waals surface area (Å²) in [7, 11) is 0. The van der Waals surface area contributed by atoms with Gasteiger partial charge in [0.05, 0.1) is 0 Å². The molecule has 0 aromatic heterocycles. The molecular formula is C9H7Br3Zr-. The third-order valence-corrected chi connectivity index (χ3v) is 1.55. The first-order chi connectivity index (χ1) is 6.20. The summed E-state index contributed by atoms with van der Waals surface area (Å²) in [6.45, 7) is 0. The Labute approximate surface area is 103 Å². The molecule has 0 radical (unpaired) electrons. The fourth-order valence-corrected chi connectivity index (χ4v) is 1.07. The van der Waals surface area contributed by atoms with Crippen LogP contribution in [0.1, 0.15) is 0 Å². The van der Waals surface area contributed by atoms with E-state index in [0.717, 1.165) is 0 Å². The molecule has 4 heteroatoms. The molecule has 2 rings (SSSR count). The molecule has 0 amide bonds. The van der Waals surface area contributed by atoms with Gasteiger partial charge in [-0.3, -0.25) is 0 Å². The van der Waals surface area contributed by atoms with E-state index in [1.807, 2.05) is 0 Å². The predicted molar refractivity (Wildman–Crippen MR) is 66.3 cm³/mol. The minimum Gasteiger partial charge on any atom is -0.168 e. The molecule has 0 unspecified atom stereocenters. The summed E-state index contributed by atoms with van der Waals surface area (Å²) in [6.07, 6.45) is 0. The molecule has 0 atom stereocenters. The summed E-state index contributed by atoms with van der Waals surface area (Å²) in [5, 5.41) is 2.66. The zero-order valence-electron chi connectivity index (χ0n) is 6.68. The SMILES string of the molecule is [Br][Zr]([Br])[Br].c1ccc2[cH-]ccc2c1. The van der Waals surface area contributed by atoms with Crippen LogP contribution >= 0.6 is 36.7 Å². The fourth-order valence-electron chi connectivity index (χ4n) is 1.07. The van der Waals surface area contributed by atoms with Crippen molar-refractivity contribution in [2.24, 2.45) is 0 Å². The number of fused-ring (bicyclic) bond motifs is 1. The smallest absolute Gasteiger partial charge is 0.0809 e. The third-order valence-electron chi connectivity index (χ3n) is 1.55. The quantitative estimate of drug-likeness (QED) is 0.495. The van der Waals surface area contributed by atoms with Crippen LogP contribution in [0.5, 0.6) is 0 Å². The number of rotatable bonds is 0. The van der Waals surface area contributed by atoms with E-state index in [9.17, 15) is 0 Å². The van der Waals surface area contributed by atoms with Gasteiger partial charge in [-0.1, -0.05) is 6.07 Å². The molecule has 0 aliphatic rings. The minimum atomic E-state index is -1.11. The van der Waals surface area contributed by atoms with Crippen molar-refractivity contribution in [3.05, 3.63) is 42.5 Å². The Bertz CT molecular complexity index is 323. The molecular weight excluding hydrogens is 439 g/mol.